The molecule has 0 aliphatic carbocycles. The molecule has 0 atom stereocenters. The first-order valence-electron chi connectivity index (χ1n) is 5.16. The van der Waals surface area contributed by atoms with E-state index in [9.17, 15) is 0 Å². The van der Waals surface area contributed by atoms with E-state index >= 15 is 0 Å². The second kappa shape index (κ2) is 5.40. The maximum atomic E-state index is 4.37. The SMILES string of the molecule is CCNCc1ccc(-n2cc(I)cn2)nc1. The van der Waals surface area contributed by atoms with E-state index in [4.69, 9.17) is 0 Å². The first-order valence-corrected chi connectivity index (χ1v) is 6.23. The minimum Gasteiger partial charge on any atom is -0.313 e. The molecule has 2 aromatic heterocycles. The highest BCUT2D eigenvalue weighted by atomic mass is 127. The first kappa shape index (κ1) is 11.5. The summed E-state index contributed by atoms with van der Waals surface area (Å²) in [5.41, 5.74) is 1.19. The fourth-order valence-corrected chi connectivity index (χ4v) is 1.74. The van der Waals surface area contributed by atoms with Crippen LogP contribution >= 0.6 is 22.6 Å². The Morgan fingerprint density at radius 3 is 2.81 bits per heavy atom. The molecule has 0 aliphatic heterocycles. The van der Waals surface area contributed by atoms with Crippen LogP contribution in [-0.2, 0) is 6.54 Å². The minimum atomic E-state index is 0.850. The summed E-state index contributed by atoms with van der Waals surface area (Å²) in [5.74, 6) is 0.850. The third-order valence-electron chi connectivity index (χ3n) is 2.17. The monoisotopic (exact) mass is 328 g/mol. The molecule has 0 amide bonds. The highest BCUT2D eigenvalue weighted by Crippen LogP contribution is 2.08. The summed E-state index contributed by atoms with van der Waals surface area (Å²) in [6, 6.07) is 4.05. The molecule has 84 valence electrons. The van der Waals surface area contributed by atoms with Crippen LogP contribution in [0.2, 0.25) is 0 Å². The molecule has 5 heteroatoms. The Kier molecular flexibility index (Phi) is 3.89. The quantitative estimate of drug-likeness (QED) is 0.873. The molecule has 1 N–H and O–H groups in total. The summed E-state index contributed by atoms with van der Waals surface area (Å²) in [5, 5.41) is 7.47. The molecule has 4 nitrogen and oxygen atoms in total. The van der Waals surface area contributed by atoms with Crippen LogP contribution in [0, 0.1) is 3.57 Å². The number of halogens is 1. The van der Waals surface area contributed by atoms with Gasteiger partial charge in [0.25, 0.3) is 0 Å². The van der Waals surface area contributed by atoms with Crippen LogP contribution in [0.1, 0.15) is 12.5 Å². The van der Waals surface area contributed by atoms with Crippen molar-refractivity contribution >= 4 is 22.6 Å². The molecule has 0 saturated carbocycles. The van der Waals surface area contributed by atoms with Crippen LogP contribution in [0.15, 0.2) is 30.7 Å². The number of pyridine rings is 1. The normalized spacial score (nSPS) is 10.6. The molecule has 0 bridgehead atoms. The van der Waals surface area contributed by atoms with Gasteiger partial charge in [0.05, 0.1) is 9.77 Å². The van der Waals surface area contributed by atoms with Crippen molar-refractivity contribution in [2.24, 2.45) is 0 Å². The van der Waals surface area contributed by atoms with Gasteiger partial charge in [-0.25, -0.2) is 9.67 Å². The summed E-state index contributed by atoms with van der Waals surface area (Å²) < 4.78 is 2.88. The number of hydrogen-bond acceptors (Lipinski definition) is 3. The molecule has 0 aliphatic rings. The van der Waals surface area contributed by atoms with Gasteiger partial charge in [0.15, 0.2) is 5.82 Å². The van der Waals surface area contributed by atoms with E-state index in [2.05, 4.69) is 51.0 Å². The molecule has 2 rings (SSSR count). The standard InChI is InChI=1S/C11H13IN4/c1-2-13-5-9-3-4-11(14-6-9)16-8-10(12)7-15-16/h3-4,6-8,13H,2,5H2,1H3. The highest BCUT2D eigenvalue weighted by molar-refractivity contribution is 14.1. The number of hydrogen-bond donors (Lipinski definition) is 1. The lowest BCUT2D eigenvalue weighted by atomic mass is 10.3. The third-order valence-corrected chi connectivity index (χ3v) is 2.73. The Labute approximate surface area is 108 Å². The molecule has 0 saturated heterocycles. The minimum absolute atomic E-state index is 0.850. The van der Waals surface area contributed by atoms with Gasteiger partial charge in [0.2, 0.25) is 0 Å². The van der Waals surface area contributed by atoms with Crippen molar-refractivity contribution < 1.29 is 0 Å². The van der Waals surface area contributed by atoms with E-state index < -0.39 is 0 Å². The van der Waals surface area contributed by atoms with E-state index in [1.165, 1.54) is 5.56 Å². The molecular weight excluding hydrogens is 315 g/mol. The third kappa shape index (κ3) is 2.79. The van der Waals surface area contributed by atoms with Crippen molar-refractivity contribution in [3.8, 4) is 5.82 Å². The van der Waals surface area contributed by atoms with Crippen LogP contribution in [-0.4, -0.2) is 21.3 Å². The van der Waals surface area contributed by atoms with Crippen molar-refractivity contribution in [3.63, 3.8) is 0 Å². The summed E-state index contributed by atoms with van der Waals surface area (Å²) in [7, 11) is 0. The van der Waals surface area contributed by atoms with Crippen molar-refractivity contribution in [2.75, 3.05) is 6.54 Å². The smallest absolute Gasteiger partial charge is 0.153 e. The van der Waals surface area contributed by atoms with Crippen molar-refractivity contribution in [2.45, 2.75) is 13.5 Å². The fraction of sp³-hybridized carbons (Fsp3) is 0.273. The zero-order valence-corrected chi connectivity index (χ0v) is 11.2. The average molecular weight is 328 g/mol. The van der Waals surface area contributed by atoms with Crippen LogP contribution in [0.25, 0.3) is 5.82 Å². The van der Waals surface area contributed by atoms with E-state index in [1.807, 2.05) is 24.7 Å². The van der Waals surface area contributed by atoms with Gasteiger partial charge in [-0.3, -0.25) is 0 Å². The topological polar surface area (TPSA) is 42.7 Å². The molecule has 2 aromatic rings. The number of nitrogens with one attached hydrogen (secondary N) is 1. The van der Waals surface area contributed by atoms with Crippen molar-refractivity contribution in [1.82, 2.24) is 20.1 Å². The lowest BCUT2D eigenvalue weighted by Gasteiger charge is -2.03. The summed E-state index contributed by atoms with van der Waals surface area (Å²) in [6.07, 6.45) is 5.65. The van der Waals surface area contributed by atoms with Crippen LogP contribution in [0.5, 0.6) is 0 Å². The summed E-state index contributed by atoms with van der Waals surface area (Å²) >= 11 is 2.23. The lowest BCUT2D eigenvalue weighted by molar-refractivity contribution is 0.722. The maximum Gasteiger partial charge on any atom is 0.153 e. The molecular formula is C11H13IN4. The van der Waals surface area contributed by atoms with Gasteiger partial charge in [-0.1, -0.05) is 13.0 Å². The van der Waals surface area contributed by atoms with Gasteiger partial charge in [-0.15, -0.1) is 0 Å². The van der Waals surface area contributed by atoms with E-state index in [0.29, 0.717) is 0 Å². The van der Waals surface area contributed by atoms with Gasteiger partial charge in [0.1, 0.15) is 0 Å². The Bertz CT molecular complexity index is 449. The Balaban J connectivity index is 2.13. The summed E-state index contributed by atoms with van der Waals surface area (Å²) in [6.45, 7) is 3.92. The first-order chi connectivity index (χ1) is 7.79. The van der Waals surface area contributed by atoms with E-state index in [-0.39, 0.29) is 0 Å². The lowest BCUT2D eigenvalue weighted by Crippen LogP contribution is -2.12. The maximum absolute atomic E-state index is 4.37. The molecule has 2 heterocycles. The van der Waals surface area contributed by atoms with Gasteiger partial charge >= 0.3 is 0 Å². The van der Waals surface area contributed by atoms with Crippen molar-refractivity contribution in [3.05, 3.63) is 39.9 Å². The van der Waals surface area contributed by atoms with E-state index in [0.717, 1.165) is 22.5 Å². The Morgan fingerprint density at radius 1 is 1.38 bits per heavy atom. The molecule has 0 unspecified atom stereocenters. The average Bonchev–Trinajstić information content (AvgIpc) is 2.74. The molecule has 0 radical (unpaired) electrons. The fourth-order valence-electron chi connectivity index (χ4n) is 1.35. The highest BCUT2D eigenvalue weighted by Gasteiger charge is 2.00. The van der Waals surface area contributed by atoms with Crippen LogP contribution < -0.4 is 5.32 Å². The van der Waals surface area contributed by atoms with Crippen LogP contribution in [0.4, 0.5) is 0 Å². The molecule has 16 heavy (non-hydrogen) atoms. The van der Waals surface area contributed by atoms with E-state index in [1.54, 1.807) is 4.68 Å². The largest absolute Gasteiger partial charge is 0.313 e. The number of rotatable bonds is 4. The van der Waals surface area contributed by atoms with Gasteiger partial charge in [-0.05, 0) is 40.8 Å². The second-order valence-corrected chi connectivity index (χ2v) is 4.65. The Morgan fingerprint density at radius 2 is 2.25 bits per heavy atom. The molecule has 0 spiro atoms. The van der Waals surface area contributed by atoms with Gasteiger partial charge in [-0.2, -0.15) is 5.10 Å². The Hall–Kier alpha value is -0.950. The predicted octanol–water partition coefficient (Wildman–Crippen LogP) is 1.98. The second-order valence-electron chi connectivity index (χ2n) is 3.41. The molecule has 0 fully saturated rings. The zero-order valence-electron chi connectivity index (χ0n) is 9.02. The van der Waals surface area contributed by atoms with Gasteiger partial charge < -0.3 is 5.32 Å². The summed E-state index contributed by atoms with van der Waals surface area (Å²) in [4.78, 5) is 4.37. The molecule has 0 aromatic carbocycles. The predicted molar refractivity (Wildman–Crippen MR) is 71.5 cm³/mol. The zero-order chi connectivity index (χ0) is 11.4. The number of nitrogens with zero attached hydrogens (tertiary/aromatic N) is 3. The van der Waals surface area contributed by atoms with Crippen molar-refractivity contribution in [1.29, 1.82) is 0 Å². The number of aromatic nitrogens is 3. The van der Waals surface area contributed by atoms with Crippen LogP contribution in [0.3, 0.4) is 0 Å². The van der Waals surface area contributed by atoms with Gasteiger partial charge in [0, 0.05) is 18.9 Å².